The molecule has 0 amide bonds. The van der Waals surface area contributed by atoms with Gasteiger partial charge >= 0.3 is 5.97 Å². The van der Waals surface area contributed by atoms with Crippen LogP contribution in [0.4, 0.5) is 0 Å². The minimum absolute atomic E-state index is 0.000736. The average Bonchev–Trinajstić information content (AvgIpc) is 2.98. The molecular weight excluding hydrogens is 538 g/mol. The van der Waals surface area contributed by atoms with Crippen molar-refractivity contribution in [3.05, 3.63) is 118 Å². The predicted octanol–water partition coefficient (Wildman–Crippen LogP) is 7.11. The number of carbonyl (C=O) groups excluding carboxylic acids is 2. The fourth-order valence-electron chi connectivity index (χ4n) is 5.54. The third-order valence-electron chi connectivity index (χ3n) is 7.41. The monoisotopic (exact) mass is 571 g/mol. The molecule has 2 atom stereocenters. The van der Waals surface area contributed by atoms with Gasteiger partial charge < -0.3 is 19.5 Å². The van der Waals surface area contributed by atoms with Gasteiger partial charge in [-0.15, -0.1) is 0 Å². The van der Waals surface area contributed by atoms with E-state index in [9.17, 15) is 9.59 Å². The van der Waals surface area contributed by atoms with Gasteiger partial charge in [-0.25, -0.2) is 4.79 Å². The van der Waals surface area contributed by atoms with Gasteiger partial charge in [0, 0.05) is 34.0 Å². The third kappa shape index (κ3) is 6.49. The summed E-state index contributed by atoms with van der Waals surface area (Å²) in [6.07, 6.45) is 1.81. The smallest absolute Gasteiger partial charge is 0.336 e. The number of dihydropyridines is 1. The molecule has 0 aromatic heterocycles. The van der Waals surface area contributed by atoms with Gasteiger partial charge in [-0.1, -0.05) is 67.1 Å². The van der Waals surface area contributed by atoms with E-state index in [-0.39, 0.29) is 24.9 Å². The van der Waals surface area contributed by atoms with Crippen LogP contribution in [0.5, 0.6) is 11.5 Å². The van der Waals surface area contributed by atoms with Crippen molar-refractivity contribution in [2.24, 2.45) is 0 Å². The molecule has 7 heteroatoms. The summed E-state index contributed by atoms with van der Waals surface area (Å²) < 4.78 is 17.5. The van der Waals surface area contributed by atoms with Gasteiger partial charge in [-0.05, 0) is 61.6 Å². The standard InChI is InChI=1S/C34H34ClNO5/c1-3-17-40-30-12-8-7-11-27(30)32-31(34(38)41-19-18-39-26-9-5-4-6-10-26)22(2)36-28-20-24(21-29(37)33(28)32)23-13-15-25(35)16-14-23/h4-16,24,32,36H,3,17-21H2,1-2H3/t24-,32-/m1/s1. The van der Waals surface area contributed by atoms with Gasteiger partial charge in [-0.3, -0.25) is 4.79 Å². The molecule has 1 aliphatic heterocycles. The Kier molecular flexibility index (Phi) is 9.10. The van der Waals surface area contributed by atoms with Crippen molar-refractivity contribution < 1.29 is 23.8 Å². The van der Waals surface area contributed by atoms with E-state index < -0.39 is 11.9 Å². The predicted molar refractivity (Wildman–Crippen MR) is 159 cm³/mol. The first-order valence-electron chi connectivity index (χ1n) is 14.0. The van der Waals surface area contributed by atoms with E-state index in [1.807, 2.05) is 92.7 Å². The maximum absolute atomic E-state index is 13.9. The van der Waals surface area contributed by atoms with E-state index >= 15 is 0 Å². The van der Waals surface area contributed by atoms with E-state index in [1.165, 1.54) is 0 Å². The van der Waals surface area contributed by atoms with E-state index in [0.29, 0.717) is 52.8 Å². The van der Waals surface area contributed by atoms with Gasteiger partial charge in [0.1, 0.15) is 24.7 Å². The summed E-state index contributed by atoms with van der Waals surface area (Å²) in [7, 11) is 0. The first-order valence-corrected chi connectivity index (χ1v) is 14.4. The van der Waals surface area contributed by atoms with Crippen LogP contribution in [0.25, 0.3) is 0 Å². The molecule has 0 saturated heterocycles. The molecular formula is C34H34ClNO5. The van der Waals surface area contributed by atoms with E-state index in [1.54, 1.807) is 0 Å². The summed E-state index contributed by atoms with van der Waals surface area (Å²) >= 11 is 6.11. The highest BCUT2D eigenvalue weighted by molar-refractivity contribution is 6.30. The number of para-hydroxylation sites is 2. The summed E-state index contributed by atoms with van der Waals surface area (Å²) in [5.74, 6) is 0.276. The van der Waals surface area contributed by atoms with Crippen LogP contribution in [0.3, 0.4) is 0 Å². The van der Waals surface area contributed by atoms with Crippen LogP contribution in [0.1, 0.15) is 56.1 Å². The van der Waals surface area contributed by atoms with Crippen molar-refractivity contribution >= 4 is 23.4 Å². The summed E-state index contributed by atoms with van der Waals surface area (Å²) in [6, 6.07) is 24.7. The number of ketones is 1. The average molecular weight is 572 g/mol. The zero-order valence-electron chi connectivity index (χ0n) is 23.3. The lowest BCUT2D eigenvalue weighted by Crippen LogP contribution is -2.36. The summed E-state index contributed by atoms with van der Waals surface area (Å²) in [5, 5.41) is 4.07. The van der Waals surface area contributed by atoms with Crippen molar-refractivity contribution in [3.8, 4) is 11.5 Å². The van der Waals surface area contributed by atoms with E-state index in [0.717, 1.165) is 23.2 Å². The fourth-order valence-corrected chi connectivity index (χ4v) is 5.67. The molecule has 41 heavy (non-hydrogen) atoms. The molecule has 0 bridgehead atoms. The van der Waals surface area contributed by atoms with Gasteiger partial charge in [-0.2, -0.15) is 0 Å². The number of allylic oxidation sites excluding steroid dienone is 3. The van der Waals surface area contributed by atoms with Crippen LogP contribution in [0, 0.1) is 0 Å². The number of hydrogen-bond donors (Lipinski definition) is 1. The normalized spacial score (nSPS) is 18.5. The first kappa shape index (κ1) is 28.5. The molecule has 0 spiro atoms. The number of ether oxygens (including phenoxy) is 3. The molecule has 5 rings (SSSR count). The number of nitrogens with one attached hydrogen (secondary N) is 1. The number of rotatable bonds is 10. The van der Waals surface area contributed by atoms with Gasteiger partial charge in [0.2, 0.25) is 0 Å². The number of esters is 1. The molecule has 0 fully saturated rings. The summed E-state index contributed by atoms with van der Waals surface area (Å²) in [4.78, 5) is 27.6. The molecule has 1 aliphatic carbocycles. The SMILES string of the molecule is CCCOc1ccccc1[C@@H]1C(C(=O)OCCOc2ccccc2)=C(C)NC2=C1C(=O)C[C@H](c1ccc(Cl)cc1)C2. The number of Topliss-reactive ketones (excluding diaryl/α,β-unsaturated/α-hetero) is 1. The highest BCUT2D eigenvalue weighted by Crippen LogP contribution is 2.47. The summed E-state index contributed by atoms with van der Waals surface area (Å²) in [5.41, 5.74) is 4.34. The summed E-state index contributed by atoms with van der Waals surface area (Å²) in [6.45, 7) is 4.72. The number of halogens is 1. The van der Waals surface area contributed by atoms with Crippen LogP contribution in [-0.4, -0.2) is 31.6 Å². The zero-order valence-corrected chi connectivity index (χ0v) is 24.1. The Morgan fingerprint density at radius 1 is 0.902 bits per heavy atom. The Hall–Kier alpha value is -4.03. The third-order valence-corrected chi connectivity index (χ3v) is 7.66. The zero-order chi connectivity index (χ0) is 28.8. The molecule has 0 radical (unpaired) electrons. The van der Waals surface area contributed by atoms with Gasteiger partial charge in [0.15, 0.2) is 5.78 Å². The van der Waals surface area contributed by atoms with Gasteiger partial charge in [0.05, 0.1) is 18.1 Å². The molecule has 2 aliphatic rings. The van der Waals surface area contributed by atoms with Gasteiger partial charge in [0.25, 0.3) is 0 Å². The van der Waals surface area contributed by atoms with Crippen molar-refractivity contribution in [1.29, 1.82) is 0 Å². The number of carbonyl (C=O) groups is 2. The van der Waals surface area contributed by atoms with Crippen LogP contribution in [0.15, 0.2) is 101 Å². The van der Waals surface area contributed by atoms with Crippen molar-refractivity contribution in [1.82, 2.24) is 5.32 Å². The fraction of sp³-hybridized carbons (Fsp3) is 0.294. The molecule has 0 saturated carbocycles. The van der Waals surface area contributed by atoms with Crippen LogP contribution >= 0.6 is 11.6 Å². The molecule has 3 aromatic carbocycles. The van der Waals surface area contributed by atoms with Crippen LogP contribution in [0.2, 0.25) is 5.02 Å². The van der Waals surface area contributed by atoms with E-state index in [4.69, 9.17) is 25.8 Å². The molecule has 3 aromatic rings. The van der Waals surface area contributed by atoms with Crippen molar-refractivity contribution in [3.63, 3.8) is 0 Å². The molecule has 0 unspecified atom stereocenters. The second-order valence-corrected chi connectivity index (χ2v) is 10.7. The highest BCUT2D eigenvalue weighted by atomic mass is 35.5. The number of benzene rings is 3. The molecule has 212 valence electrons. The van der Waals surface area contributed by atoms with Crippen LogP contribution in [-0.2, 0) is 14.3 Å². The quantitative estimate of drug-likeness (QED) is 0.206. The van der Waals surface area contributed by atoms with Crippen LogP contribution < -0.4 is 14.8 Å². The lowest BCUT2D eigenvalue weighted by molar-refractivity contribution is -0.140. The van der Waals surface area contributed by atoms with Crippen molar-refractivity contribution in [2.45, 2.75) is 44.9 Å². The Morgan fingerprint density at radius 3 is 2.39 bits per heavy atom. The number of hydrogen-bond acceptors (Lipinski definition) is 6. The Morgan fingerprint density at radius 2 is 1.63 bits per heavy atom. The minimum atomic E-state index is -0.611. The molecule has 1 N–H and O–H groups in total. The van der Waals surface area contributed by atoms with E-state index in [2.05, 4.69) is 5.32 Å². The Bertz CT molecular complexity index is 1460. The second kappa shape index (κ2) is 13.1. The molecule has 6 nitrogen and oxygen atoms in total. The molecule has 1 heterocycles. The lowest BCUT2D eigenvalue weighted by Gasteiger charge is -2.37. The maximum atomic E-state index is 13.9. The second-order valence-electron chi connectivity index (χ2n) is 10.3. The largest absolute Gasteiger partial charge is 0.493 e. The van der Waals surface area contributed by atoms with Crippen molar-refractivity contribution in [2.75, 3.05) is 19.8 Å². The maximum Gasteiger partial charge on any atom is 0.336 e. The minimum Gasteiger partial charge on any atom is -0.493 e. The first-order chi connectivity index (χ1) is 20.0. The topological polar surface area (TPSA) is 73.9 Å². The Labute approximate surface area is 246 Å². The highest BCUT2D eigenvalue weighted by Gasteiger charge is 2.42. The lowest BCUT2D eigenvalue weighted by atomic mass is 9.71. The Balaban J connectivity index is 1.46.